The van der Waals surface area contributed by atoms with Gasteiger partial charge in [-0.25, -0.2) is 0 Å². The summed E-state index contributed by atoms with van der Waals surface area (Å²) in [7, 11) is 0. The molecule has 4 aromatic rings. The minimum absolute atomic E-state index is 0.459. The Bertz CT molecular complexity index is 1160. The van der Waals surface area contributed by atoms with Gasteiger partial charge in [-0.05, 0) is 89.5 Å². The predicted octanol–water partition coefficient (Wildman–Crippen LogP) is 6.74. The van der Waals surface area contributed by atoms with Gasteiger partial charge in [-0.2, -0.15) is 0 Å². The third kappa shape index (κ3) is 2.59. The molecule has 4 aromatic carbocycles. The van der Waals surface area contributed by atoms with Crippen molar-refractivity contribution in [2.24, 2.45) is 0 Å². The highest BCUT2D eigenvalue weighted by Crippen LogP contribution is 2.56. The molecule has 2 nitrogen and oxygen atoms in total. The Morgan fingerprint density at radius 3 is 1.38 bits per heavy atom. The van der Waals surface area contributed by atoms with Crippen molar-refractivity contribution in [2.75, 3.05) is 11.5 Å². The van der Waals surface area contributed by atoms with Crippen molar-refractivity contribution >= 4 is 43.2 Å². The zero-order valence-corrected chi connectivity index (χ0v) is 18.7. The van der Waals surface area contributed by atoms with Crippen molar-refractivity contribution in [1.29, 1.82) is 0 Å². The SMILES string of the molecule is Nc1ccc(C2(c3ccc(N)c(Br)c3)c3ccccc3-c3ccccc32)cc1Br. The first-order valence-corrected chi connectivity index (χ1v) is 10.9. The van der Waals surface area contributed by atoms with Crippen LogP contribution in [0.25, 0.3) is 11.1 Å². The summed E-state index contributed by atoms with van der Waals surface area (Å²) in [4.78, 5) is 0. The van der Waals surface area contributed by atoms with Crippen molar-refractivity contribution in [3.8, 4) is 11.1 Å². The van der Waals surface area contributed by atoms with Crippen molar-refractivity contribution in [3.05, 3.63) is 116 Å². The normalized spacial score (nSPS) is 13.7. The number of benzene rings is 4. The molecule has 0 heterocycles. The maximum absolute atomic E-state index is 6.13. The summed E-state index contributed by atoms with van der Waals surface area (Å²) in [5, 5.41) is 0. The van der Waals surface area contributed by atoms with E-state index in [-0.39, 0.29) is 0 Å². The highest BCUT2D eigenvalue weighted by atomic mass is 79.9. The Morgan fingerprint density at radius 1 is 0.552 bits per heavy atom. The Balaban J connectivity index is 1.97. The van der Waals surface area contributed by atoms with Gasteiger partial charge < -0.3 is 11.5 Å². The Labute approximate surface area is 186 Å². The second-order valence-corrected chi connectivity index (χ2v) is 9.02. The Hall–Kier alpha value is -2.56. The quantitative estimate of drug-likeness (QED) is 0.261. The molecule has 0 aliphatic heterocycles. The second kappa shape index (κ2) is 6.75. The number of nitrogens with two attached hydrogens (primary N) is 2. The van der Waals surface area contributed by atoms with Gasteiger partial charge in [0.15, 0.2) is 0 Å². The van der Waals surface area contributed by atoms with E-state index in [1.54, 1.807) is 0 Å². The van der Waals surface area contributed by atoms with E-state index in [4.69, 9.17) is 11.5 Å². The van der Waals surface area contributed by atoms with Gasteiger partial charge in [-0.1, -0.05) is 60.7 Å². The molecular weight excluding hydrogens is 488 g/mol. The summed E-state index contributed by atoms with van der Waals surface area (Å²) in [6, 6.07) is 29.7. The van der Waals surface area contributed by atoms with Crippen molar-refractivity contribution in [1.82, 2.24) is 0 Å². The first-order valence-electron chi connectivity index (χ1n) is 9.34. The lowest BCUT2D eigenvalue weighted by Crippen LogP contribution is -2.28. The number of nitrogen functional groups attached to an aromatic ring is 2. The number of fused-ring (bicyclic) bond motifs is 3. The van der Waals surface area contributed by atoms with Crippen molar-refractivity contribution in [2.45, 2.75) is 5.41 Å². The van der Waals surface area contributed by atoms with Gasteiger partial charge in [-0.15, -0.1) is 0 Å². The molecule has 0 aromatic heterocycles. The van der Waals surface area contributed by atoms with Crippen LogP contribution in [0.5, 0.6) is 0 Å². The fourth-order valence-electron chi connectivity index (χ4n) is 4.54. The van der Waals surface area contributed by atoms with Crippen LogP contribution in [0, 0.1) is 0 Å². The zero-order chi connectivity index (χ0) is 20.2. The second-order valence-electron chi connectivity index (χ2n) is 7.31. The minimum atomic E-state index is -0.459. The molecule has 4 heteroatoms. The van der Waals surface area contributed by atoms with E-state index in [1.807, 2.05) is 12.1 Å². The van der Waals surface area contributed by atoms with E-state index in [0.717, 1.165) is 31.4 Å². The van der Waals surface area contributed by atoms with Gasteiger partial charge in [-0.3, -0.25) is 0 Å². The Kier molecular flexibility index (Phi) is 4.30. The summed E-state index contributed by atoms with van der Waals surface area (Å²) < 4.78 is 1.79. The van der Waals surface area contributed by atoms with Crippen LogP contribution >= 0.6 is 31.9 Å². The van der Waals surface area contributed by atoms with Crippen LogP contribution in [0.3, 0.4) is 0 Å². The van der Waals surface area contributed by atoms with Crippen LogP contribution < -0.4 is 11.5 Å². The van der Waals surface area contributed by atoms with Gasteiger partial charge in [0.2, 0.25) is 0 Å². The fraction of sp³-hybridized carbons (Fsp3) is 0.0400. The number of rotatable bonds is 2. The molecule has 29 heavy (non-hydrogen) atoms. The average molecular weight is 506 g/mol. The molecule has 0 spiro atoms. The fourth-order valence-corrected chi connectivity index (χ4v) is 5.30. The molecule has 5 rings (SSSR count). The largest absolute Gasteiger partial charge is 0.398 e. The molecule has 0 atom stereocenters. The number of anilines is 2. The third-order valence-electron chi connectivity index (χ3n) is 5.82. The van der Waals surface area contributed by atoms with E-state index >= 15 is 0 Å². The van der Waals surface area contributed by atoms with E-state index in [1.165, 1.54) is 22.3 Å². The minimum Gasteiger partial charge on any atom is -0.398 e. The molecule has 0 amide bonds. The summed E-state index contributed by atoms with van der Waals surface area (Å²) >= 11 is 7.28. The summed E-state index contributed by atoms with van der Waals surface area (Å²) in [6.45, 7) is 0. The number of hydrogen-bond donors (Lipinski definition) is 2. The summed E-state index contributed by atoms with van der Waals surface area (Å²) in [5.41, 5.74) is 20.6. The first-order chi connectivity index (χ1) is 14.0. The van der Waals surface area contributed by atoms with E-state index in [2.05, 4.69) is 105 Å². The van der Waals surface area contributed by atoms with Gasteiger partial charge in [0.05, 0.1) is 5.41 Å². The maximum atomic E-state index is 6.13. The molecule has 1 aliphatic carbocycles. The Morgan fingerprint density at radius 2 is 0.966 bits per heavy atom. The highest BCUT2D eigenvalue weighted by Gasteiger charge is 2.46. The zero-order valence-electron chi connectivity index (χ0n) is 15.5. The lowest BCUT2D eigenvalue weighted by Gasteiger charge is -2.34. The summed E-state index contributed by atoms with van der Waals surface area (Å²) in [6.07, 6.45) is 0. The smallest absolute Gasteiger partial charge is 0.0714 e. The monoisotopic (exact) mass is 504 g/mol. The van der Waals surface area contributed by atoms with Crippen molar-refractivity contribution in [3.63, 3.8) is 0 Å². The standard InChI is InChI=1S/C25H18Br2N2/c26-21-13-15(9-11-23(21)28)25(16-10-12-24(29)22(27)14-16)19-7-3-1-5-17(19)18-6-2-4-8-20(18)25/h1-14H,28-29H2. The first kappa shape index (κ1) is 18.5. The molecule has 4 N–H and O–H groups in total. The van der Waals surface area contributed by atoms with E-state index in [0.29, 0.717) is 0 Å². The van der Waals surface area contributed by atoms with Crippen LogP contribution in [0.15, 0.2) is 93.9 Å². The molecular formula is C25H18Br2N2. The van der Waals surface area contributed by atoms with Crippen LogP contribution in [0.2, 0.25) is 0 Å². The van der Waals surface area contributed by atoms with Gasteiger partial charge >= 0.3 is 0 Å². The van der Waals surface area contributed by atoms with Gasteiger partial charge in [0, 0.05) is 20.3 Å². The number of hydrogen-bond acceptors (Lipinski definition) is 2. The summed E-state index contributed by atoms with van der Waals surface area (Å²) in [5.74, 6) is 0. The predicted molar refractivity (Wildman–Crippen MR) is 128 cm³/mol. The lowest BCUT2D eigenvalue weighted by atomic mass is 9.67. The van der Waals surface area contributed by atoms with Gasteiger partial charge in [0.1, 0.15) is 0 Å². The van der Waals surface area contributed by atoms with E-state index in [9.17, 15) is 0 Å². The topological polar surface area (TPSA) is 52.0 Å². The van der Waals surface area contributed by atoms with Crippen molar-refractivity contribution < 1.29 is 0 Å². The van der Waals surface area contributed by atoms with Crippen LogP contribution in [-0.2, 0) is 5.41 Å². The van der Waals surface area contributed by atoms with Crippen LogP contribution in [0.4, 0.5) is 11.4 Å². The maximum Gasteiger partial charge on any atom is 0.0714 e. The molecule has 0 fully saturated rings. The molecule has 0 saturated heterocycles. The molecule has 0 bridgehead atoms. The average Bonchev–Trinajstić information content (AvgIpc) is 3.04. The highest BCUT2D eigenvalue weighted by molar-refractivity contribution is 9.11. The molecule has 0 saturated carbocycles. The van der Waals surface area contributed by atoms with Crippen LogP contribution in [0.1, 0.15) is 22.3 Å². The molecule has 0 radical (unpaired) electrons. The van der Waals surface area contributed by atoms with Crippen LogP contribution in [-0.4, -0.2) is 0 Å². The molecule has 1 aliphatic rings. The van der Waals surface area contributed by atoms with E-state index < -0.39 is 5.41 Å². The van der Waals surface area contributed by atoms with Gasteiger partial charge in [0.25, 0.3) is 0 Å². The molecule has 0 unspecified atom stereocenters. The number of halogens is 2. The third-order valence-corrected chi connectivity index (χ3v) is 7.19. The molecule has 142 valence electrons. The lowest BCUT2D eigenvalue weighted by molar-refractivity contribution is 0.767.